The van der Waals surface area contributed by atoms with E-state index in [1.165, 1.54) is 11.5 Å². The zero-order valence-electron chi connectivity index (χ0n) is 8.60. The Labute approximate surface area is 92.6 Å². The smallest absolute Gasteiger partial charge is 0.180 e. The second-order valence-electron chi connectivity index (χ2n) is 4.41. The second-order valence-corrected chi connectivity index (χ2v) is 5.22. The predicted octanol–water partition coefficient (Wildman–Crippen LogP) is 2.20. The molecular weight excluding hydrogens is 210 g/mol. The van der Waals surface area contributed by atoms with Crippen LogP contribution in [0.25, 0.3) is 0 Å². The average Bonchev–Trinajstić information content (AvgIpc) is 2.90. The number of nitrogens with zero attached hydrogens (tertiary/aromatic N) is 1. The number of fused-ring (bicyclic) bond motifs is 2. The summed E-state index contributed by atoms with van der Waals surface area (Å²) in [5.41, 5.74) is 0.937. The van der Waals surface area contributed by atoms with Gasteiger partial charge >= 0.3 is 0 Å². The topological polar surface area (TPSA) is 39.2 Å². The van der Waals surface area contributed by atoms with Gasteiger partial charge in [0.15, 0.2) is 5.78 Å². The van der Waals surface area contributed by atoms with E-state index in [0.29, 0.717) is 6.10 Å². The van der Waals surface area contributed by atoms with E-state index in [4.69, 9.17) is 4.74 Å². The molecule has 2 bridgehead atoms. The fourth-order valence-corrected chi connectivity index (χ4v) is 3.34. The Morgan fingerprint density at radius 2 is 2.47 bits per heavy atom. The zero-order chi connectivity index (χ0) is 10.4. The molecule has 2 aliphatic rings. The van der Waals surface area contributed by atoms with Gasteiger partial charge in [-0.05, 0) is 43.8 Å². The first-order valence-electron chi connectivity index (χ1n) is 5.37. The van der Waals surface area contributed by atoms with E-state index in [1.807, 2.05) is 13.0 Å². The van der Waals surface area contributed by atoms with Gasteiger partial charge in [-0.25, -0.2) is 0 Å². The Balaban J connectivity index is 1.81. The van der Waals surface area contributed by atoms with Crippen LogP contribution in [-0.4, -0.2) is 22.4 Å². The van der Waals surface area contributed by atoms with Gasteiger partial charge in [0.05, 0.1) is 28.7 Å². The molecule has 2 fully saturated rings. The van der Waals surface area contributed by atoms with Gasteiger partial charge in [-0.2, -0.15) is 4.37 Å². The van der Waals surface area contributed by atoms with Crippen LogP contribution in [0.4, 0.5) is 0 Å². The standard InChI is InChI=1S/C11H13NO2S/c1-6-4-10(15-12-6)11(13)8-5-7-2-3-9(8)14-7/h4,7-9H,2-3,5H2,1H3. The second kappa shape index (κ2) is 3.39. The lowest BCUT2D eigenvalue weighted by molar-refractivity contribution is 0.0746. The van der Waals surface area contributed by atoms with Gasteiger partial charge in [0.2, 0.25) is 0 Å². The molecule has 3 atom stereocenters. The maximum absolute atomic E-state index is 12.1. The van der Waals surface area contributed by atoms with E-state index in [2.05, 4.69) is 4.37 Å². The van der Waals surface area contributed by atoms with Crippen molar-refractivity contribution in [2.45, 2.75) is 38.4 Å². The minimum atomic E-state index is 0.101. The Kier molecular flexibility index (Phi) is 2.14. The Bertz CT molecular complexity index is 401. The minimum Gasteiger partial charge on any atom is -0.374 e. The van der Waals surface area contributed by atoms with Crippen molar-refractivity contribution in [3.8, 4) is 0 Å². The summed E-state index contributed by atoms with van der Waals surface area (Å²) >= 11 is 1.32. The van der Waals surface area contributed by atoms with Crippen LogP contribution >= 0.6 is 11.5 Å². The highest BCUT2D eigenvalue weighted by molar-refractivity contribution is 7.08. The fourth-order valence-electron chi connectivity index (χ4n) is 2.58. The van der Waals surface area contributed by atoms with Crippen LogP contribution in [0.3, 0.4) is 0 Å². The number of Topliss-reactive ketones (excluding diaryl/α,β-unsaturated/α-hetero) is 1. The molecule has 0 spiro atoms. The largest absolute Gasteiger partial charge is 0.374 e. The molecule has 15 heavy (non-hydrogen) atoms. The molecule has 0 aliphatic carbocycles. The normalized spacial score (nSPS) is 33.5. The molecule has 2 saturated heterocycles. The summed E-state index contributed by atoms with van der Waals surface area (Å²) in [5, 5.41) is 0. The van der Waals surface area contributed by atoms with Crippen molar-refractivity contribution >= 4 is 17.3 Å². The summed E-state index contributed by atoms with van der Waals surface area (Å²) in [6, 6.07) is 1.89. The number of hydrogen-bond donors (Lipinski definition) is 0. The molecule has 3 nitrogen and oxygen atoms in total. The molecule has 80 valence electrons. The van der Waals surface area contributed by atoms with Gasteiger partial charge in [-0.3, -0.25) is 4.79 Å². The molecule has 0 radical (unpaired) electrons. The lowest BCUT2D eigenvalue weighted by atomic mass is 9.85. The highest BCUT2D eigenvalue weighted by Crippen LogP contribution is 2.40. The van der Waals surface area contributed by atoms with Crippen molar-refractivity contribution in [3.63, 3.8) is 0 Å². The number of ketones is 1. The quantitative estimate of drug-likeness (QED) is 0.721. The van der Waals surface area contributed by atoms with E-state index < -0.39 is 0 Å². The summed E-state index contributed by atoms with van der Waals surface area (Å²) in [6.45, 7) is 1.92. The average molecular weight is 223 g/mol. The summed E-state index contributed by atoms with van der Waals surface area (Å²) in [6.07, 6.45) is 3.64. The fraction of sp³-hybridized carbons (Fsp3) is 0.636. The number of aromatic nitrogens is 1. The van der Waals surface area contributed by atoms with Gasteiger partial charge in [-0.1, -0.05) is 0 Å². The highest BCUT2D eigenvalue weighted by atomic mass is 32.1. The molecule has 1 aromatic heterocycles. The van der Waals surface area contributed by atoms with Crippen LogP contribution in [-0.2, 0) is 4.74 Å². The molecule has 0 saturated carbocycles. The Hall–Kier alpha value is -0.740. The molecule has 0 amide bonds. The molecule has 2 aliphatic heterocycles. The molecule has 3 unspecified atom stereocenters. The Morgan fingerprint density at radius 3 is 3.00 bits per heavy atom. The van der Waals surface area contributed by atoms with Crippen LogP contribution in [0.5, 0.6) is 0 Å². The van der Waals surface area contributed by atoms with Crippen LogP contribution in [0, 0.1) is 12.8 Å². The third-order valence-corrected chi connectivity index (χ3v) is 4.21. The maximum atomic E-state index is 12.1. The number of carbonyl (C=O) groups excluding carboxylic acids is 1. The van der Waals surface area contributed by atoms with Crippen molar-refractivity contribution in [3.05, 3.63) is 16.6 Å². The summed E-state index contributed by atoms with van der Waals surface area (Å²) in [5.74, 6) is 0.344. The van der Waals surface area contributed by atoms with E-state index in [0.717, 1.165) is 29.8 Å². The summed E-state index contributed by atoms with van der Waals surface area (Å²) in [7, 11) is 0. The van der Waals surface area contributed by atoms with Crippen molar-refractivity contribution < 1.29 is 9.53 Å². The van der Waals surface area contributed by atoms with E-state index in [-0.39, 0.29) is 17.8 Å². The van der Waals surface area contributed by atoms with Crippen LogP contribution < -0.4 is 0 Å². The van der Waals surface area contributed by atoms with E-state index >= 15 is 0 Å². The summed E-state index contributed by atoms with van der Waals surface area (Å²) in [4.78, 5) is 12.9. The molecule has 3 heterocycles. The minimum absolute atomic E-state index is 0.101. The van der Waals surface area contributed by atoms with Gasteiger partial charge in [0.1, 0.15) is 0 Å². The lowest BCUT2D eigenvalue weighted by Crippen LogP contribution is -2.24. The highest BCUT2D eigenvalue weighted by Gasteiger charge is 2.44. The van der Waals surface area contributed by atoms with Gasteiger partial charge in [0.25, 0.3) is 0 Å². The molecular formula is C11H13NO2S. The van der Waals surface area contributed by atoms with Crippen molar-refractivity contribution in [1.29, 1.82) is 0 Å². The lowest BCUT2D eigenvalue weighted by Gasteiger charge is -2.15. The van der Waals surface area contributed by atoms with Crippen LogP contribution in [0.15, 0.2) is 6.07 Å². The van der Waals surface area contributed by atoms with E-state index in [9.17, 15) is 4.79 Å². The number of carbonyl (C=O) groups is 1. The molecule has 0 N–H and O–H groups in total. The van der Waals surface area contributed by atoms with Crippen molar-refractivity contribution in [1.82, 2.24) is 4.37 Å². The number of aryl methyl sites for hydroxylation is 1. The third kappa shape index (κ3) is 1.52. The molecule has 0 aromatic carbocycles. The monoisotopic (exact) mass is 223 g/mol. The Morgan fingerprint density at radius 1 is 1.60 bits per heavy atom. The van der Waals surface area contributed by atoms with Gasteiger partial charge in [0, 0.05) is 0 Å². The van der Waals surface area contributed by atoms with Crippen molar-refractivity contribution in [2.75, 3.05) is 0 Å². The maximum Gasteiger partial charge on any atom is 0.180 e. The predicted molar refractivity (Wildman–Crippen MR) is 57.2 cm³/mol. The first-order valence-corrected chi connectivity index (χ1v) is 6.14. The van der Waals surface area contributed by atoms with E-state index in [1.54, 1.807) is 0 Å². The zero-order valence-corrected chi connectivity index (χ0v) is 9.42. The molecule has 4 heteroatoms. The third-order valence-electron chi connectivity index (χ3n) is 3.31. The van der Waals surface area contributed by atoms with Crippen molar-refractivity contribution in [2.24, 2.45) is 5.92 Å². The SMILES string of the molecule is Cc1cc(C(=O)C2CC3CCC2O3)sn1. The number of hydrogen-bond acceptors (Lipinski definition) is 4. The molecule has 1 aromatic rings. The van der Waals surface area contributed by atoms with Gasteiger partial charge in [-0.15, -0.1) is 0 Å². The first-order chi connectivity index (χ1) is 7.24. The van der Waals surface area contributed by atoms with Gasteiger partial charge < -0.3 is 4.74 Å². The van der Waals surface area contributed by atoms with Crippen LogP contribution in [0.2, 0.25) is 0 Å². The number of rotatable bonds is 2. The van der Waals surface area contributed by atoms with Crippen LogP contribution in [0.1, 0.15) is 34.6 Å². The number of ether oxygens (including phenoxy) is 1. The first kappa shape index (κ1) is 9.48. The molecule has 3 rings (SSSR count). The summed E-state index contributed by atoms with van der Waals surface area (Å²) < 4.78 is 9.85.